The molecule has 2 aromatic rings. The summed E-state index contributed by atoms with van der Waals surface area (Å²) >= 11 is 1.71. The molecule has 2 N–H and O–H groups in total. The minimum atomic E-state index is 0.586. The monoisotopic (exact) mass is 332 g/mol. The van der Waals surface area contributed by atoms with Gasteiger partial charge in [-0.3, -0.25) is 4.99 Å². The molecule has 0 unspecified atom stereocenters. The quantitative estimate of drug-likeness (QED) is 0.485. The van der Waals surface area contributed by atoms with E-state index in [2.05, 4.69) is 33.6 Å². The normalized spacial score (nSPS) is 11.4. The molecule has 23 heavy (non-hydrogen) atoms. The van der Waals surface area contributed by atoms with Crippen molar-refractivity contribution in [1.82, 2.24) is 15.6 Å². The molecule has 0 aliphatic carbocycles. The Bertz CT molecular complexity index is 666. The van der Waals surface area contributed by atoms with Gasteiger partial charge >= 0.3 is 0 Å². The summed E-state index contributed by atoms with van der Waals surface area (Å²) in [6.07, 6.45) is 0. The van der Waals surface area contributed by atoms with Gasteiger partial charge in [0.15, 0.2) is 5.96 Å². The van der Waals surface area contributed by atoms with Crippen LogP contribution in [0.1, 0.15) is 21.1 Å². The van der Waals surface area contributed by atoms with Crippen LogP contribution in [0.25, 0.3) is 0 Å². The standard InChI is InChI=1S/C17H24N4OS/c1-12-6-5-7-15(10-12)22-9-8-19-17(18-4)20-11-16-13(2)21-14(3)23-16/h5-7,10H,8-9,11H2,1-4H3,(H2,18,19,20). The number of guanidine groups is 1. The van der Waals surface area contributed by atoms with E-state index in [1.807, 2.05) is 32.0 Å². The lowest BCUT2D eigenvalue weighted by Crippen LogP contribution is -2.38. The van der Waals surface area contributed by atoms with Gasteiger partial charge in [0, 0.05) is 11.9 Å². The first-order valence-electron chi connectivity index (χ1n) is 7.65. The van der Waals surface area contributed by atoms with E-state index in [9.17, 15) is 0 Å². The molecule has 2 rings (SSSR count). The van der Waals surface area contributed by atoms with E-state index in [1.165, 1.54) is 10.4 Å². The number of nitrogens with zero attached hydrogens (tertiary/aromatic N) is 2. The van der Waals surface area contributed by atoms with Gasteiger partial charge in [-0.2, -0.15) is 0 Å². The summed E-state index contributed by atoms with van der Waals surface area (Å²) in [7, 11) is 1.77. The van der Waals surface area contributed by atoms with Gasteiger partial charge in [0.2, 0.25) is 0 Å². The maximum atomic E-state index is 5.71. The summed E-state index contributed by atoms with van der Waals surface area (Å²) in [5.74, 6) is 1.66. The van der Waals surface area contributed by atoms with E-state index in [0.717, 1.165) is 29.0 Å². The van der Waals surface area contributed by atoms with Crippen LogP contribution in [0.3, 0.4) is 0 Å². The Morgan fingerprint density at radius 2 is 2.09 bits per heavy atom. The van der Waals surface area contributed by atoms with E-state index in [1.54, 1.807) is 18.4 Å². The molecule has 0 atom stereocenters. The number of aromatic nitrogens is 1. The van der Waals surface area contributed by atoms with Crippen LogP contribution >= 0.6 is 11.3 Å². The predicted octanol–water partition coefficient (Wildman–Crippen LogP) is 2.81. The van der Waals surface area contributed by atoms with Crippen molar-refractivity contribution in [2.24, 2.45) is 4.99 Å². The third-order valence-corrected chi connectivity index (χ3v) is 4.37. The molecule has 124 valence electrons. The molecule has 1 aromatic carbocycles. The summed E-state index contributed by atoms with van der Waals surface area (Å²) in [5, 5.41) is 7.64. The van der Waals surface area contributed by atoms with Crippen molar-refractivity contribution < 1.29 is 4.74 Å². The fraction of sp³-hybridized carbons (Fsp3) is 0.412. The maximum Gasteiger partial charge on any atom is 0.191 e. The second-order valence-electron chi connectivity index (χ2n) is 5.26. The average Bonchev–Trinajstić information content (AvgIpc) is 2.84. The van der Waals surface area contributed by atoms with Crippen LogP contribution in [-0.4, -0.2) is 31.1 Å². The van der Waals surface area contributed by atoms with Crippen molar-refractivity contribution in [3.63, 3.8) is 0 Å². The van der Waals surface area contributed by atoms with Gasteiger partial charge in [-0.25, -0.2) is 4.98 Å². The zero-order chi connectivity index (χ0) is 16.7. The van der Waals surface area contributed by atoms with Crippen molar-refractivity contribution in [3.05, 3.63) is 45.4 Å². The molecule has 1 aromatic heterocycles. The van der Waals surface area contributed by atoms with Crippen molar-refractivity contribution >= 4 is 17.3 Å². The van der Waals surface area contributed by atoms with Gasteiger partial charge in [-0.1, -0.05) is 12.1 Å². The highest BCUT2D eigenvalue weighted by Crippen LogP contribution is 2.16. The van der Waals surface area contributed by atoms with Crippen LogP contribution in [0, 0.1) is 20.8 Å². The van der Waals surface area contributed by atoms with Gasteiger partial charge in [-0.15, -0.1) is 11.3 Å². The summed E-state index contributed by atoms with van der Waals surface area (Å²) in [6, 6.07) is 8.05. The van der Waals surface area contributed by atoms with Crippen LogP contribution in [0.5, 0.6) is 5.75 Å². The number of aryl methyl sites for hydroxylation is 3. The number of benzene rings is 1. The molecule has 0 radical (unpaired) electrons. The van der Waals surface area contributed by atoms with Crippen molar-refractivity contribution in [3.8, 4) is 5.75 Å². The van der Waals surface area contributed by atoms with Crippen LogP contribution in [0.4, 0.5) is 0 Å². The molecule has 0 saturated carbocycles. The number of ether oxygens (including phenoxy) is 1. The third-order valence-electron chi connectivity index (χ3n) is 3.29. The first-order valence-corrected chi connectivity index (χ1v) is 8.47. The van der Waals surface area contributed by atoms with E-state index in [-0.39, 0.29) is 0 Å². The Balaban J connectivity index is 1.72. The minimum absolute atomic E-state index is 0.586. The molecule has 0 spiro atoms. The topological polar surface area (TPSA) is 58.5 Å². The molecule has 0 saturated heterocycles. The van der Waals surface area contributed by atoms with Gasteiger partial charge < -0.3 is 15.4 Å². The summed E-state index contributed by atoms with van der Waals surface area (Å²) in [6.45, 7) is 8.12. The Morgan fingerprint density at radius 1 is 1.26 bits per heavy atom. The van der Waals surface area contributed by atoms with Gasteiger partial charge in [0.1, 0.15) is 12.4 Å². The zero-order valence-corrected chi connectivity index (χ0v) is 15.0. The number of thiazole rings is 1. The molecule has 0 amide bonds. The van der Waals surface area contributed by atoms with Crippen LogP contribution in [0.15, 0.2) is 29.3 Å². The van der Waals surface area contributed by atoms with Gasteiger partial charge in [-0.05, 0) is 38.5 Å². The molecule has 6 heteroatoms. The Kier molecular flexibility index (Phi) is 6.40. The Labute approximate surface area is 141 Å². The van der Waals surface area contributed by atoms with E-state index in [4.69, 9.17) is 4.74 Å². The van der Waals surface area contributed by atoms with Gasteiger partial charge in [0.25, 0.3) is 0 Å². The lowest BCUT2D eigenvalue weighted by molar-refractivity contribution is 0.321. The second-order valence-corrected chi connectivity index (χ2v) is 6.55. The van der Waals surface area contributed by atoms with Crippen LogP contribution in [-0.2, 0) is 6.54 Å². The smallest absolute Gasteiger partial charge is 0.191 e. The Hall–Kier alpha value is -2.08. The van der Waals surface area contributed by atoms with Crippen LogP contribution in [0.2, 0.25) is 0 Å². The first kappa shape index (κ1) is 17.3. The van der Waals surface area contributed by atoms with Crippen molar-refractivity contribution in [2.75, 3.05) is 20.2 Å². The minimum Gasteiger partial charge on any atom is -0.492 e. The molecule has 0 fully saturated rings. The lowest BCUT2D eigenvalue weighted by atomic mass is 10.2. The molecular weight excluding hydrogens is 308 g/mol. The molecule has 5 nitrogen and oxygen atoms in total. The van der Waals surface area contributed by atoms with Crippen molar-refractivity contribution in [1.29, 1.82) is 0 Å². The second kappa shape index (κ2) is 8.53. The fourth-order valence-corrected chi connectivity index (χ4v) is 3.04. The Morgan fingerprint density at radius 3 is 2.74 bits per heavy atom. The SMILES string of the molecule is CN=C(NCCOc1cccc(C)c1)NCc1sc(C)nc1C. The number of hydrogen-bond acceptors (Lipinski definition) is 4. The maximum absolute atomic E-state index is 5.71. The molecule has 0 aliphatic heterocycles. The van der Waals surface area contributed by atoms with E-state index >= 15 is 0 Å². The van der Waals surface area contributed by atoms with E-state index < -0.39 is 0 Å². The molecule has 0 bridgehead atoms. The molecular formula is C17H24N4OS. The first-order chi connectivity index (χ1) is 11.1. The number of aliphatic imine (C=N–C) groups is 1. The fourth-order valence-electron chi connectivity index (χ4n) is 2.17. The summed E-state index contributed by atoms with van der Waals surface area (Å²) < 4.78 is 5.71. The highest BCUT2D eigenvalue weighted by Gasteiger charge is 2.05. The third kappa shape index (κ3) is 5.56. The van der Waals surface area contributed by atoms with Crippen molar-refractivity contribution in [2.45, 2.75) is 27.3 Å². The number of nitrogens with one attached hydrogen (secondary N) is 2. The largest absolute Gasteiger partial charge is 0.492 e. The van der Waals surface area contributed by atoms with Crippen LogP contribution < -0.4 is 15.4 Å². The zero-order valence-electron chi connectivity index (χ0n) is 14.1. The van der Waals surface area contributed by atoms with E-state index in [0.29, 0.717) is 13.2 Å². The molecule has 1 heterocycles. The van der Waals surface area contributed by atoms with Gasteiger partial charge in [0.05, 0.1) is 23.8 Å². The number of hydrogen-bond donors (Lipinski definition) is 2. The highest BCUT2D eigenvalue weighted by atomic mass is 32.1. The predicted molar refractivity (Wildman–Crippen MR) is 96.5 cm³/mol. The highest BCUT2D eigenvalue weighted by molar-refractivity contribution is 7.11. The number of rotatable bonds is 6. The average molecular weight is 332 g/mol. The molecule has 0 aliphatic rings. The summed E-state index contributed by atoms with van der Waals surface area (Å²) in [4.78, 5) is 9.89. The summed E-state index contributed by atoms with van der Waals surface area (Å²) in [5.41, 5.74) is 2.28. The lowest BCUT2D eigenvalue weighted by Gasteiger charge is -2.12.